The Morgan fingerprint density at radius 1 is 1.53 bits per heavy atom. The highest BCUT2D eigenvalue weighted by Crippen LogP contribution is 2.23. The van der Waals surface area contributed by atoms with Crippen molar-refractivity contribution in [2.45, 2.75) is 19.8 Å². The number of ether oxygens (including phenoxy) is 1. The predicted octanol–water partition coefficient (Wildman–Crippen LogP) is 1.42. The van der Waals surface area contributed by atoms with Gasteiger partial charge in [-0.25, -0.2) is 0 Å². The van der Waals surface area contributed by atoms with Crippen molar-refractivity contribution < 1.29 is 14.6 Å². The van der Waals surface area contributed by atoms with E-state index >= 15 is 0 Å². The lowest BCUT2D eigenvalue weighted by Crippen LogP contribution is -2.26. The SMILES string of the molecule is COc1cccc(N)c1C(=O)NCCCC(C)CO. The van der Waals surface area contributed by atoms with Crippen LogP contribution in [-0.2, 0) is 0 Å². The highest BCUT2D eigenvalue weighted by atomic mass is 16.5. The Hall–Kier alpha value is -1.75. The minimum absolute atomic E-state index is 0.174. The van der Waals surface area contributed by atoms with Crippen molar-refractivity contribution in [3.63, 3.8) is 0 Å². The molecule has 0 aliphatic heterocycles. The average Bonchev–Trinajstić information content (AvgIpc) is 2.42. The van der Waals surface area contributed by atoms with Crippen LogP contribution in [0.1, 0.15) is 30.1 Å². The third kappa shape index (κ3) is 4.44. The van der Waals surface area contributed by atoms with E-state index in [4.69, 9.17) is 15.6 Å². The number of aliphatic hydroxyl groups is 1. The normalized spacial score (nSPS) is 11.9. The van der Waals surface area contributed by atoms with E-state index in [0.717, 1.165) is 12.8 Å². The number of nitrogens with two attached hydrogens (primary N) is 1. The number of hydrogen-bond donors (Lipinski definition) is 3. The van der Waals surface area contributed by atoms with E-state index in [9.17, 15) is 4.79 Å². The van der Waals surface area contributed by atoms with E-state index < -0.39 is 0 Å². The Balaban J connectivity index is 2.54. The molecule has 4 N–H and O–H groups in total. The summed E-state index contributed by atoms with van der Waals surface area (Å²) in [6.07, 6.45) is 1.70. The Morgan fingerprint density at radius 2 is 2.26 bits per heavy atom. The molecule has 1 atom stereocenters. The topological polar surface area (TPSA) is 84.6 Å². The van der Waals surface area contributed by atoms with Crippen molar-refractivity contribution in [3.05, 3.63) is 23.8 Å². The van der Waals surface area contributed by atoms with Gasteiger partial charge in [0.1, 0.15) is 11.3 Å². The summed E-state index contributed by atoms with van der Waals surface area (Å²) < 4.78 is 5.14. The second kappa shape index (κ2) is 7.63. The average molecular weight is 266 g/mol. The van der Waals surface area contributed by atoms with Crippen molar-refractivity contribution in [2.24, 2.45) is 5.92 Å². The van der Waals surface area contributed by atoms with E-state index in [1.54, 1.807) is 18.2 Å². The molecule has 5 nitrogen and oxygen atoms in total. The zero-order valence-electron chi connectivity index (χ0n) is 11.5. The predicted molar refractivity (Wildman–Crippen MR) is 75.2 cm³/mol. The van der Waals surface area contributed by atoms with Gasteiger partial charge in [-0.2, -0.15) is 0 Å². The number of aliphatic hydroxyl groups excluding tert-OH is 1. The van der Waals surface area contributed by atoms with Crippen LogP contribution in [0.5, 0.6) is 5.75 Å². The van der Waals surface area contributed by atoms with Crippen LogP contribution in [0.15, 0.2) is 18.2 Å². The standard InChI is InChI=1S/C14H22N2O3/c1-10(9-17)5-4-8-16-14(18)13-11(15)6-3-7-12(13)19-2/h3,6-7,10,17H,4-5,8-9,15H2,1-2H3,(H,16,18). The smallest absolute Gasteiger partial charge is 0.257 e. The maximum absolute atomic E-state index is 12.0. The first kappa shape index (κ1) is 15.3. The zero-order valence-corrected chi connectivity index (χ0v) is 11.5. The summed E-state index contributed by atoms with van der Waals surface area (Å²) in [6, 6.07) is 5.12. The fraction of sp³-hybridized carbons (Fsp3) is 0.500. The number of nitrogens with one attached hydrogen (secondary N) is 1. The fourth-order valence-electron chi connectivity index (χ4n) is 1.79. The molecule has 0 radical (unpaired) electrons. The molecule has 0 spiro atoms. The van der Waals surface area contributed by atoms with Gasteiger partial charge in [0.15, 0.2) is 0 Å². The number of amides is 1. The number of hydrogen-bond acceptors (Lipinski definition) is 4. The highest BCUT2D eigenvalue weighted by molar-refractivity contribution is 6.01. The minimum Gasteiger partial charge on any atom is -0.496 e. The van der Waals surface area contributed by atoms with Gasteiger partial charge in [-0.1, -0.05) is 13.0 Å². The van der Waals surface area contributed by atoms with Crippen LogP contribution in [0.4, 0.5) is 5.69 Å². The second-order valence-electron chi connectivity index (χ2n) is 4.61. The van der Waals surface area contributed by atoms with E-state index in [2.05, 4.69) is 5.32 Å². The van der Waals surface area contributed by atoms with Crippen molar-refractivity contribution in [2.75, 3.05) is 26.0 Å². The van der Waals surface area contributed by atoms with Gasteiger partial charge < -0.3 is 20.9 Å². The first-order chi connectivity index (χ1) is 9.10. The van der Waals surface area contributed by atoms with Gasteiger partial charge in [0.2, 0.25) is 0 Å². The molecule has 0 bridgehead atoms. The molecule has 0 fully saturated rings. The maximum Gasteiger partial charge on any atom is 0.257 e. The van der Waals surface area contributed by atoms with Crippen LogP contribution in [0.25, 0.3) is 0 Å². The summed E-state index contributed by atoms with van der Waals surface area (Å²) in [5.41, 5.74) is 6.58. The van der Waals surface area contributed by atoms with Crippen LogP contribution >= 0.6 is 0 Å². The lowest BCUT2D eigenvalue weighted by molar-refractivity contribution is 0.0950. The molecule has 1 aromatic carbocycles. The summed E-state index contributed by atoms with van der Waals surface area (Å²) in [5.74, 6) is 0.501. The Bertz CT molecular complexity index is 421. The summed E-state index contributed by atoms with van der Waals surface area (Å²) >= 11 is 0. The Morgan fingerprint density at radius 3 is 2.89 bits per heavy atom. The third-order valence-corrected chi connectivity index (χ3v) is 2.98. The van der Waals surface area contributed by atoms with Gasteiger partial charge in [-0.05, 0) is 30.9 Å². The molecule has 1 rings (SSSR count). The molecule has 0 heterocycles. The quantitative estimate of drug-likeness (QED) is 0.514. The summed E-state index contributed by atoms with van der Waals surface area (Å²) in [4.78, 5) is 12.0. The van der Waals surface area contributed by atoms with Gasteiger partial charge in [0.25, 0.3) is 5.91 Å². The molecule has 19 heavy (non-hydrogen) atoms. The molecule has 5 heteroatoms. The van der Waals surface area contributed by atoms with Gasteiger partial charge in [-0.3, -0.25) is 4.79 Å². The van der Waals surface area contributed by atoms with Crippen LogP contribution in [0.3, 0.4) is 0 Å². The fourth-order valence-corrected chi connectivity index (χ4v) is 1.79. The molecule has 0 aliphatic rings. The zero-order chi connectivity index (χ0) is 14.3. The molecule has 0 aliphatic carbocycles. The van der Waals surface area contributed by atoms with E-state index in [-0.39, 0.29) is 18.4 Å². The molecule has 1 aromatic rings. The van der Waals surface area contributed by atoms with E-state index in [1.807, 2.05) is 6.92 Å². The van der Waals surface area contributed by atoms with Gasteiger partial charge in [0.05, 0.1) is 7.11 Å². The molecule has 106 valence electrons. The molecular weight excluding hydrogens is 244 g/mol. The number of carbonyl (C=O) groups excluding carboxylic acids is 1. The Labute approximate surface area is 113 Å². The van der Waals surface area contributed by atoms with Gasteiger partial charge >= 0.3 is 0 Å². The van der Waals surface area contributed by atoms with Gasteiger partial charge in [-0.15, -0.1) is 0 Å². The summed E-state index contributed by atoms with van der Waals surface area (Å²) in [6.45, 7) is 2.70. The Kier molecular flexibility index (Phi) is 6.15. The number of rotatable bonds is 7. The first-order valence-corrected chi connectivity index (χ1v) is 6.41. The maximum atomic E-state index is 12.0. The van der Waals surface area contributed by atoms with Crippen LogP contribution in [-0.4, -0.2) is 31.3 Å². The number of anilines is 1. The minimum atomic E-state index is -0.230. The summed E-state index contributed by atoms with van der Waals surface area (Å²) in [7, 11) is 1.51. The number of nitrogen functional groups attached to an aromatic ring is 1. The first-order valence-electron chi connectivity index (χ1n) is 6.41. The lowest BCUT2D eigenvalue weighted by atomic mass is 10.1. The lowest BCUT2D eigenvalue weighted by Gasteiger charge is -2.12. The van der Waals surface area contributed by atoms with Crippen LogP contribution < -0.4 is 15.8 Å². The van der Waals surface area contributed by atoms with Crippen molar-refractivity contribution in [1.82, 2.24) is 5.32 Å². The molecule has 1 amide bonds. The van der Waals surface area contributed by atoms with E-state index in [1.165, 1.54) is 7.11 Å². The molecule has 1 unspecified atom stereocenters. The van der Waals surface area contributed by atoms with Gasteiger partial charge in [0, 0.05) is 18.8 Å². The number of benzene rings is 1. The highest BCUT2D eigenvalue weighted by Gasteiger charge is 2.15. The van der Waals surface area contributed by atoms with Crippen molar-refractivity contribution in [3.8, 4) is 5.75 Å². The molecule has 0 saturated carbocycles. The monoisotopic (exact) mass is 266 g/mol. The second-order valence-corrected chi connectivity index (χ2v) is 4.61. The van der Waals surface area contributed by atoms with Crippen molar-refractivity contribution >= 4 is 11.6 Å². The van der Waals surface area contributed by atoms with Crippen LogP contribution in [0.2, 0.25) is 0 Å². The largest absolute Gasteiger partial charge is 0.496 e. The van der Waals surface area contributed by atoms with E-state index in [0.29, 0.717) is 23.5 Å². The summed E-state index contributed by atoms with van der Waals surface area (Å²) in [5, 5.41) is 11.7. The molecule has 0 aromatic heterocycles. The third-order valence-electron chi connectivity index (χ3n) is 2.98. The number of carbonyl (C=O) groups is 1. The molecular formula is C14H22N2O3. The number of methoxy groups -OCH3 is 1. The molecule has 0 saturated heterocycles. The van der Waals surface area contributed by atoms with Crippen molar-refractivity contribution in [1.29, 1.82) is 0 Å². The van der Waals surface area contributed by atoms with Crippen LogP contribution in [0, 0.1) is 5.92 Å².